The Labute approximate surface area is 170 Å². The van der Waals surface area contributed by atoms with Gasteiger partial charge in [0.05, 0.1) is 6.21 Å². The predicted octanol–water partition coefficient (Wildman–Crippen LogP) is 3.56. The van der Waals surface area contributed by atoms with Crippen LogP contribution >= 0.6 is 11.6 Å². The Morgan fingerprint density at radius 2 is 1.86 bits per heavy atom. The summed E-state index contributed by atoms with van der Waals surface area (Å²) in [5.74, 6) is -1.38. The van der Waals surface area contributed by atoms with Crippen molar-refractivity contribution >= 4 is 29.6 Å². The number of nitrogens with one attached hydrogen (secondary N) is 2. The van der Waals surface area contributed by atoms with Gasteiger partial charge in [-0.25, -0.2) is 5.43 Å². The van der Waals surface area contributed by atoms with Crippen LogP contribution in [0.2, 0.25) is 5.02 Å². The monoisotopic (exact) mass is 400 g/mol. The van der Waals surface area contributed by atoms with E-state index < -0.39 is 11.8 Å². The van der Waals surface area contributed by atoms with Crippen LogP contribution in [0.25, 0.3) is 5.69 Å². The molecule has 0 bridgehead atoms. The van der Waals surface area contributed by atoms with Crippen molar-refractivity contribution in [1.29, 1.82) is 0 Å². The van der Waals surface area contributed by atoms with Crippen LogP contribution in [0.3, 0.4) is 0 Å². The quantitative estimate of drug-likeness (QED) is 0.467. The fraction of sp³-hybridized carbons (Fsp3) is 0.381. The first kappa shape index (κ1) is 20.1. The van der Waals surface area contributed by atoms with Gasteiger partial charge in [0.2, 0.25) is 0 Å². The lowest BCUT2D eigenvalue weighted by molar-refractivity contribution is -0.139. The number of amides is 2. The molecular weight excluding hydrogens is 376 g/mol. The van der Waals surface area contributed by atoms with Gasteiger partial charge in [-0.15, -0.1) is 0 Å². The Kier molecular flexibility index (Phi) is 6.19. The van der Waals surface area contributed by atoms with Gasteiger partial charge in [-0.05, 0) is 57.4 Å². The van der Waals surface area contributed by atoms with Crippen LogP contribution < -0.4 is 10.7 Å². The van der Waals surface area contributed by atoms with E-state index in [4.69, 9.17) is 11.6 Å². The van der Waals surface area contributed by atoms with E-state index in [1.165, 1.54) is 0 Å². The van der Waals surface area contributed by atoms with Crippen LogP contribution in [0, 0.1) is 20.8 Å². The number of nitrogens with zero attached hydrogens (tertiary/aromatic N) is 2. The third-order valence-electron chi connectivity index (χ3n) is 5.15. The number of benzene rings is 1. The molecule has 1 aromatic carbocycles. The maximum atomic E-state index is 11.9. The second-order valence-electron chi connectivity index (χ2n) is 7.25. The molecular formula is C21H25ClN4O2. The van der Waals surface area contributed by atoms with Crippen molar-refractivity contribution < 1.29 is 9.59 Å². The normalized spacial score (nSPS) is 14.6. The van der Waals surface area contributed by atoms with Crippen LogP contribution in [-0.4, -0.2) is 28.6 Å². The lowest BCUT2D eigenvalue weighted by atomic mass is 10.2. The lowest BCUT2D eigenvalue weighted by Crippen LogP contribution is -2.42. The summed E-state index contributed by atoms with van der Waals surface area (Å²) in [6.07, 6.45) is 5.59. The number of aryl methyl sites for hydroxylation is 2. The molecule has 0 saturated heterocycles. The third kappa shape index (κ3) is 4.44. The van der Waals surface area contributed by atoms with Crippen molar-refractivity contribution in [3.8, 4) is 5.69 Å². The van der Waals surface area contributed by atoms with Crippen molar-refractivity contribution in [2.24, 2.45) is 5.10 Å². The van der Waals surface area contributed by atoms with Crippen molar-refractivity contribution in [1.82, 2.24) is 15.3 Å². The van der Waals surface area contributed by atoms with E-state index in [1.54, 1.807) is 6.21 Å². The maximum Gasteiger partial charge on any atom is 0.329 e. The molecule has 0 atom stereocenters. The Bertz CT molecular complexity index is 927. The molecule has 0 aliphatic heterocycles. The fourth-order valence-electron chi connectivity index (χ4n) is 3.57. The molecule has 0 spiro atoms. The minimum Gasteiger partial charge on any atom is -0.345 e. The molecule has 7 heteroatoms. The number of rotatable bonds is 4. The van der Waals surface area contributed by atoms with Crippen molar-refractivity contribution in [3.63, 3.8) is 0 Å². The van der Waals surface area contributed by atoms with Crippen molar-refractivity contribution in [2.75, 3.05) is 0 Å². The first-order valence-electron chi connectivity index (χ1n) is 9.46. The van der Waals surface area contributed by atoms with Gasteiger partial charge in [0, 0.05) is 33.7 Å². The topological polar surface area (TPSA) is 75.5 Å². The number of halogens is 1. The van der Waals surface area contributed by atoms with Gasteiger partial charge in [-0.1, -0.05) is 30.5 Å². The summed E-state index contributed by atoms with van der Waals surface area (Å²) in [5.41, 5.74) is 7.12. The minimum atomic E-state index is -0.748. The second-order valence-corrected chi connectivity index (χ2v) is 7.66. The average molecular weight is 401 g/mol. The van der Waals surface area contributed by atoms with E-state index in [2.05, 4.69) is 20.4 Å². The second kappa shape index (κ2) is 8.61. The summed E-state index contributed by atoms with van der Waals surface area (Å²) in [5, 5.41) is 7.40. The van der Waals surface area contributed by atoms with Crippen LogP contribution in [0.4, 0.5) is 0 Å². The standard InChI is InChI=1S/C21H25ClN4O2/c1-13-8-9-18(11-19(13)22)26-14(2)10-16(15(26)3)12-23-25-21(28)20(27)24-17-6-4-5-7-17/h8-12,17H,4-7H2,1-3H3,(H,24,27)(H,25,28)/b23-12-. The Balaban J connectivity index is 1.68. The molecule has 1 aliphatic rings. The zero-order valence-electron chi connectivity index (χ0n) is 16.4. The van der Waals surface area contributed by atoms with Crippen molar-refractivity contribution in [3.05, 3.63) is 51.8 Å². The lowest BCUT2D eigenvalue weighted by Gasteiger charge is -2.11. The molecule has 2 aromatic rings. The van der Waals surface area contributed by atoms with Gasteiger partial charge < -0.3 is 9.88 Å². The Morgan fingerprint density at radius 1 is 1.14 bits per heavy atom. The maximum absolute atomic E-state index is 11.9. The van der Waals surface area contributed by atoms with E-state index in [-0.39, 0.29) is 6.04 Å². The summed E-state index contributed by atoms with van der Waals surface area (Å²) in [4.78, 5) is 23.8. The Morgan fingerprint density at radius 3 is 2.54 bits per heavy atom. The van der Waals surface area contributed by atoms with E-state index in [0.29, 0.717) is 5.02 Å². The summed E-state index contributed by atoms with van der Waals surface area (Å²) in [6.45, 7) is 5.92. The van der Waals surface area contributed by atoms with Crippen LogP contribution in [-0.2, 0) is 9.59 Å². The number of carbonyl (C=O) groups is 2. The zero-order chi connectivity index (χ0) is 20.3. The molecule has 3 rings (SSSR count). The number of hydrogen-bond donors (Lipinski definition) is 2. The van der Waals surface area contributed by atoms with E-state index in [0.717, 1.165) is 53.9 Å². The summed E-state index contributed by atoms with van der Waals surface area (Å²) in [7, 11) is 0. The van der Waals surface area contributed by atoms with Crippen LogP contribution in [0.15, 0.2) is 29.4 Å². The number of hydrazone groups is 1. The summed E-state index contributed by atoms with van der Waals surface area (Å²) < 4.78 is 2.07. The van der Waals surface area contributed by atoms with Gasteiger partial charge in [-0.2, -0.15) is 5.10 Å². The summed E-state index contributed by atoms with van der Waals surface area (Å²) in [6, 6.07) is 7.98. The molecule has 28 heavy (non-hydrogen) atoms. The van der Waals surface area contributed by atoms with Gasteiger partial charge in [0.1, 0.15) is 0 Å². The fourth-order valence-corrected chi connectivity index (χ4v) is 3.74. The van der Waals surface area contributed by atoms with E-state index >= 15 is 0 Å². The van der Waals surface area contributed by atoms with Crippen molar-refractivity contribution in [2.45, 2.75) is 52.5 Å². The number of carbonyl (C=O) groups excluding carboxylic acids is 2. The smallest absolute Gasteiger partial charge is 0.329 e. The molecule has 1 saturated carbocycles. The predicted molar refractivity (Wildman–Crippen MR) is 111 cm³/mol. The SMILES string of the molecule is Cc1ccc(-n2c(C)cc(/C=N\NC(=O)C(=O)NC3CCCC3)c2C)cc1Cl. The molecule has 1 aromatic heterocycles. The van der Waals surface area contributed by atoms with Gasteiger partial charge in [-0.3, -0.25) is 9.59 Å². The Hall–Kier alpha value is -2.60. The number of aromatic nitrogens is 1. The molecule has 6 nitrogen and oxygen atoms in total. The molecule has 1 aliphatic carbocycles. The molecule has 0 radical (unpaired) electrons. The first-order chi connectivity index (χ1) is 13.4. The third-order valence-corrected chi connectivity index (χ3v) is 5.56. The van der Waals surface area contributed by atoms with Crippen LogP contribution in [0.5, 0.6) is 0 Å². The summed E-state index contributed by atoms with van der Waals surface area (Å²) >= 11 is 6.26. The van der Waals surface area contributed by atoms with Crippen LogP contribution in [0.1, 0.15) is 48.2 Å². The molecule has 1 fully saturated rings. The molecule has 2 amide bonds. The van der Waals surface area contributed by atoms with Gasteiger partial charge >= 0.3 is 11.8 Å². The van der Waals surface area contributed by atoms with E-state index in [1.807, 2.05) is 45.0 Å². The van der Waals surface area contributed by atoms with Gasteiger partial charge in [0.15, 0.2) is 0 Å². The van der Waals surface area contributed by atoms with E-state index in [9.17, 15) is 9.59 Å². The number of hydrogen-bond acceptors (Lipinski definition) is 3. The zero-order valence-corrected chi connectivity index (χ0v) is 17.1. The minimum absolute atomic E-state index is 0.0995. The van der Waals surface area contributed by atoms with Gasteiger partial charge in [0.25, 0.3) is 0 Å². The molecule has 1 heterocycles. The first-order valence-corrected chi connectivity index (χ1v) is 9.84. The highest BCUT2D eigenvalue weighted by atomic mass is 35.5. The average Bonchev–Trinajstić information content (AvgIpc) is 3.25. The highest BCUT2D eigenvalue weighted by Gasteiger charge is 2.21. The molecule has 2 N–H and O–H groups in total. The molecule has 148 valence electrons. The highest BCUT2D eigenvalue weighted by Crippen LogP contribution is 2.24. The molecule has 0 unspecified atom stereocenters. The largest absolute Gasteiger partial charge is 0.345 e. The highest BCUT2D eigenvalue weighted by molar-refractivity contribution is 6.35.